The number of carbonyl (C=O) groups is 2. The van der Waals surface area contributed by atoms with E-state index in [2.05, 4.69) is 20.6 Å². The maximum Gasteiger partial charge on any atom is 0.276 e. The number of ether oxygens (including phenoxy) is 1. The first kappa shape index (κ1) is 22.1. The van der Waals surface area contributed by atoms with Crippen LogP contribution in [0.3, 0.4) is 0 Å². The third kappa shape index (κ3) is 4.74. The molecule has 3 heterocycles. The topological polar surface area (TPSA) is 127 Å². The SMILES string of the molecule is CS(=O)(=O)c1ncc(Cl)c(C(=O)Nc2sc3c(c2C(=O)NCC2CCCO2)CCC3)n1. The van der Waals surface area contributed by atoms with E-state index in [0.717, 1.165) is 55.0 Å². The Kier molecular flexibility index (Phi) is 6.29. The molecule has 1 atom stereocenters. The third-order valence-electron chi connectivity index (χ3n) is 5.16. The molecule has 1 fully saturated rings. The van der Waals surface area contributed by atoms with Gasteiger partial charge in [-0.15, -0.1) is 11.3 Å². The van der Waals surface area contributed by atoms with Gasteiger partial charge in [0.1, 0.15) is 5.00 Å². The number of hydrogen-bond donors (Lipinski definition) is 2. The molecule has 31 heavy (non-hydrogen) atoms. The van der Waals surface area contributed by atoms with Crippen molar-refractivity contribution < 1.29 is 22.7 Å². The number of thiophene rings is 1. The Morgan fingerprint density at radius 1 is 1.29 bits per heavy atom. The Hall–Kier alpha value is -2.08. The maximum atomic E-state index is 13.0. The Bertz CT molecular complexity index is 1140. The van der Waals surface area contributed by atoms with E-state index < -0.39 is 20.9 Å². The number of halogens is 1. The lowest BCUT2D eigenvalue weighted by molar-refractivity contribution is 0.0858. The number of aromatic nitrogens is 2. The molecule has 1 aliphatic heterocycles. The Labute approximate surface area is 188 Å². The van der Waals surface area contributed by atoms with Gasteiger partial charge in [0.25, 0.3) is 11.8 Å². The monoisotopic (exact) mass is 484 g/mol. The number of aryl methyl sites for hydroxylation is 1. The smallest absolute Gasteiger partial charge is 0.276 e. The highest BCUT2D eigenvalue weighted by Gasteiger charge is 2.29. The fourth-order valence-electron chi connectivity index (χ4n) is 3.68. The largest absolute Gasteiger partial charge is 0.376 e. The highest BCUT2D eigenvalue weighted by atomic mass is 35.5. The first-order chi connectivity index (χ1) is 14.7. The van der Waals surface area contributed by atoms with E-state index >= 15 is 0 Å². The lowest BCUT2D eigenvalue weighted by atomic mass is 10.1. The van der Waals surface area contributed by atoms with Gasteiger partial charge in [0.05, 0.1) is 22.9 Å². The quantitative estimate of drug-likeness (QED) is 0.602. The summed E-state index contributed by atoms with van der Waals surface area (Å²) in [6.07, 6.45) is 6.46. The molecule has 2 aromatic heterocycles. The van der Waals surface area contributed by atoms with Gasteiger partial charge in [-0.25, -0.2) is 18.4 Å². The van der Waals surface area contributed by atoms with Gasteiger partial charge in [-0.1, -0.05) is 11.6 Å². The molecule has 1 unspecified atom stereocenters. The average Bonchev–Trinajstić information content (AvgIpc) is 3.43. The number of amides is 2. The molecule has 2 aliphatic rings. The molecule has 12 heteroatoms. The molecule has 9 nitrogen and oxygen atoms in total. The van der Waals surface area contributed by atoms with Gasteiger partial charge < -0.3 is 15.4 Å². The van der Waals surface area contributed by atoms with E-state index in [0.29, 0.717) is 23.7 Å². The van der Waals surface area contributed by atoms with Crippen molar-refractivity contribution in [3.63, 3.8) is 0 Å². The van der Waals surface area contributed by atoms with Crippen LogP contribution in [0.25, 0.3) is 0 Å². The third-order valence-corrected chi connectivity index (χ3v) is 7.50. The summed E-state index contributed by atoms with van der Waals surface area (Å²) in [7, 11) is -3.72. The number of sulfone groups is 1. The number of rotatable bonds is 6. The zero-order valence-corrected chi connectivity index (χ0v) is 19.1. The number of carbonyl (C=O) groups excluding carboxylic acids is 2. The van der Waals surface area contributed by atoms with E-state index in [-0.39, 0.29) is 22.7 Å². The molecule has 2 amide bonds. The summed E-state index contributed by atoms with van der Waals surface area (Å²) >= 11 is 7.38. The van der Waals surface area contributed by atoms with Gasteiger partial charge in [0.2, 0.25) is 15.0 Å². The minimum absolute atomic E-state index is 0.00270. The van der Waals surface area contributed by atoms with E-state index in [1.54, 1.807) is 0 Å². The van der Waals surface area contributed by atoms with Crippen LogP contribution in [-0.2, 0) is 27.4 Å². The molecular formula is C19H21ClN4O5S2. The summed E-state index contributed by atoms with van der Waals surface area (Å²) < 4.78 is 29.0. The fraction of sp³-hybridized carbons (Fsp3) is 0.474. The van der Waals surface area contributed by atoms with Gasteiger partial charge in [-0.05, 0) is 37.7 Å². The van der Waals surface area contributed by atoms with Gasteiger partial charge in [-0.2, -0.15) is 0 Å². The summed E-state index contributed by atoms with van der Waals surface area (Å²) in [5, 5.41) is 5.43. The van der Waals surface area contributed by atoms with Crippen LogP contribution in [0.1, 0.15) is 50.5 Å². The molecule has 2 N–H and O–H groups in total. The Balaban J connectivity index is 1.59. The van der Waals surface area contributed by atoms with Crippen LogP contribution in [0.2, 0.25) is 5.02 Å². The second kappa shape index (κ2) is 8.81. The molecule has 1 aliphatic carbocycles. The summed E-state index contributed by atoms with van der Waals surface area (Å²) in [5.74, 6) is -0.971. The zero-order chi connectivity index (χ0) is 22.2. The summed E-state index contributed by atoms with van der Waals surface area (Å²) in [6.45, 7) is 1.11. The highest BCUT2D eigenvalue weighted by molar-refractivity contribution is 7.90. The number of anilines is 1. The van der Waals surface area contributed by atoms with Crippen molar-refractivity contribution in [1.82, 2.24) is 15.3 Å². The van der Waals surface area contributed by atoms with Crippen molar-refractivity contribution in [2.24, 2.45) is 0 Å². The average molecular weight is 485 g/mol. The highest BCUT2D eigenvalue weighted by Crippen LogP contribution is 2.39. The summed E-state index contributed by atoms with van der Waals surface area (Å²) in [5.41, 5.74) is 1.12. The van der Waals surface area contributed by atoms with Crippen LogP contribution >= 0.6 is 22.9 Å². The second-order valence-corrected chi connectivity index (χ2v) is 10.9. The summed E-state index contributed by atoms with van der Waals surface area (Å²) in [4.78, 5) is 34.4. The molecule has 0 spiro atoms. The first-order valence-corrected chi connectivity index (χ1v) is 12.9. The van der Waals surface area contributed by atoms with Crippen molar-refractivity contribution >= 4 is 49.6 Å². The van der Waals surface area contributed by atoms with Crippen LogP contribution in [0.4, 0.5) is 5.00 Å². The van der Waals surface area contributed by atoms with Crippen LogP contribution in [0.15, 0.2) is 11.4 Å². The van der Waals surface area contributed by atoms with Gasteiger partial charge in [0, 0.05) is 24.3 Å². The molecule has 0 bridgehead atoms. The van der Waals surface area contributed by atoms with Crippen molar-refractivity contribution in [2.45, 2.75) is 43.4 Å². The lowest BCUT2D eigenvalue weighted by Gasteiger charge is -2.13. The van der Waals surface area contributed by atoms with Crippen molar-refractivity contribution in [3.05, 3.63) is 32.9 Å². The first-order valence-electron chi connectivity index (χ1n) is 9.82. The van der Waals surface area contributed by atoms with E-state index in [9.17, 15) is 18.0 Å². The number of nitrogens with one attached hydrogen (secondary N) is 2. The predicted octanol–water partition coefficient (Wildman–Crippen LogP) is 2.24. The normalized spacial score (nSPS) is 18.1. The van der Waals surface area contributed by atoms with E-state index in [1.165, 1.54) is 11.3 Å². The maximum absolute atomic E-state index is 13.0. The van der Waals surface area contributed by atoms with Gasteiger partial charge in [-0.3, -0.25) is 9.59 Å². The molecule has 1 saturated heterocycles. The lowest BCUT2D eigenvalue weighted by Crippen LogP contribution is -2.32. The van der Waals surface area contributed by atoms with Crippen LogP contribution in [0.5, 0.6) is 0 Å². The molecular weight excluding hydrogens is 464 g/mol. The number of fused-ring (bicyclic) bond motifs is 1. The molecule has 0 saturated carbocycles. The van der Waals surface area contributed by atoms with Crippen molar-refractivity contribution in [3.8, 4) is 0 Å². The molecule has 4 rings (SSSR count). The van der Waals surface area contributed by atoms with Crippen LogP contribution < -0.4 is 10.6 Å². The minimum Gasteiger partial charge on any atom is -0.376 e. The molecule has 0 radical (unpaired) electrons. The van der Waals surface area contributed by atoms with E-state index in [1.807, 2.05) is 0 Å². The van der Waals surface area contributed by atoms with Gasteiger partial charge >= 0.3 is 0 Å². The van der Waals surface area contributed by atoms with E-state index in [4.69, 9.17) is 16.3 Å². The van der Waals surface area contributed by atoms with Gasteiger partial charge in [0.15, 0.2) is 5.69 Å². The number of hydrogen-bond acceptors (Lipinski definition) is 8. The van der Waals surface area contributed by atoms with Crippen molar-refractivity contribution in [1.29, 1.82) is 0 Å². The molecule has 166 valence electrons. The predicted molar refractivity (Wildman–Crippen MR) is 116 cm³/mol. The number of nitrogens with zero attached hydrogens (tertiary/aromatic N) is 2. The van der Waals surface area contributed by atoms with Crippen LogP contribution in [-0.4, -0.2) is 55.7 Å². The Morgan fingerprint density at radius 3 is 2.81 bits per heavy atom. The minimum atomic E-state index is -3.72. The van der Waals surface area contributed by atoms with Crippen molar-refractivity contribution in [2.75, 3.05) is 24.7 Å². The second-order valence-electron chi connectivity index (χ2n) is 7.48. The Morgan fingerprint density at radius 2 is 2.10 bits per heavy atom. The molecule has 0 aromatic carbocycles. The standard InChI is InChI=1S/C19H21ClN4O5S2/c1-31(27,28)19-22-9-12(20)15(23-19)17(26)24-18-14(11-5-2-6-13(11)30-18)16(25)21-8-10-4-3-7-29-10/h9-10H,2-8H2,1H3,(H,21,25)(H,24,26). The summed E-state index contributed by atoms with van der Waals surface area (Å²) in [6, 6.07) is 0. The molecule has 2 aromatic rings. The fourth-order valence-corrected chi connectivity index (χ4v) is 5.64. The zero-order valence-electron chi connectivity index (χ0n) is 16.7. The van der Waals surface area contributed by atoms with Crippen LogP contribution in [0, 0.1) is 0 Å².